The van der Waals surface area contributed by atoms with Gasteiger partial charge in [-0.25, -0.2) is 0 Å². The molecule has 0 spiro atoms. The predicted molar refractivity (Wildman–Crippen MR) is 84.5 cm³/mol. The molecule has 142 valence electrons. The monoisotopic (exact) mass is 359 g/mol. The van der Waals surface area contributed by atoms with Crippen molar-refractivity contribution < 1.29 is 40.1 Å². The van der Waals surface area contributed by atoms with Crippen LogP contribution in [0.1, 0.15) is 18.9 Å². The van der Waals surface area contributed by atoms with Gasteiger partial charge in [-0.2, -0.15) is 0 Å². The van der Waals surface area contributed by atoms with E-state index in [0.717, 1.165) is 0 Å². The largest absolute Gasteiger partial charge is 0.394 e. The average Bonchev–Trinajstić information content (AvgIpc) is 2.62. The summed E-state index contributed by atoms with van der Waals surface area (Å²) in [5, 5.41) is 61.7. The molecular formula is C16H25NO8. The van der Waals surface area contributed by atoms with Crippen molar-refractivity contribution in [2.24, 2.45) is 5.73 Å². The standard InChI is InChI=1S/C16H25NO8/c1-2-12(19)14(21)16(17,23)15(22,13(20)11(8-18)25-14)24-9-10-6-4-3-5-7-10/h3-7,11-13,18-23H,2,8-9,17H2,1H3/t11-,12?,13-,14+,15-,16+/m1/s1. The Morgan fingerprint density at radius 3 is 2.36 bits per heavy atom. The molecule has 1 aliphatic heterocycles. The van der Waals surface area contributed by atoms with Crippen molar-refractivity contribution >= 4 is 0 Å². The maximum atomic E-state index is 10.8. The number of ether oxygens (including phenoxy) is 2. The topological polar surface area (TPSA) is 166 Å². The highest BCUT2D eigenvalue weighted by atomic mass is 16.7. The summed E-state index contributed by atoms with van der Waals surface area (Å²) in [5.41, 5.74) is 3.17. The fraction of sp³-hybridized carbons (Fsp3) is 0.625. The van der Waals surface area contributed by atoms with Gasteiger partial charge in [-0.05, 0) is 12.0 Å². The molecule has 6 atom stereocenters. The Labute approximate surface area is 144 Å². The second-order valence-corrected chi connectivity index (χ2v) is 6.14. The van der Waals surface area contributed by atoms with Gasteiger partial charge in [0.15, 0.2) is 0 Å². The van der Waals surface area contributed by atoms with E-state index >= 15 is 0 Å². The molecule has 0 saturated carbocycles. The SMILES string of the molecule is CCC(O)[C@]1(O)O[C@H](CO)[C@@H](O)[C@@](O)(OCc2ccccc2)[C@@]1(N)O. The maximum Gasteiger partial charge on any atom is 0.244 e. The molecule has 1 aliphatic rings. The van der Waals surface area contributed by atoms with Gasteiger partial charge in [-0.15, -0.1) is 0 Å². The van der Waals surface area contributed by atoms with Gasteiger partial charge in [-0.1, -0.05) is 37.3 Å². The van der Waals surface area contributed by atoms with Gasteiger partial charge in [0.1, 0.15) is 18.3 Å². The zero-order valence-electron chi connectivity index (χ0n) is 13.8. The molecule has 25 heavy (non-hydrogen) atoms. The summed E-state index contributed by atoms with van der Waals surface area (Å²) < 4.78 is 10.3. The Bertz CT molecular complexity index is 571. The Morgan fingerprint density at radius 1 is 1.24 bits per heavy atom. The molecule has 1 aromatic carbocycles. The van der Waals surface area contributed by atoms with E-state index in [2.05, 4.69) is 0 Å². The molecule has 1 aromatic rings. The summed E-state index contributed by atoms with van der Waals surface area (Å²) in [6, 6.07) is 8.53. The first-order valence-corrected chi connectivity index (χ1v) is 7.92. The number of aliphatic hydroxyl groups is 6. The minimum absolute atomic E-state index is 0.0982. The highest BCUT2D eigenvalue weighted by Gasteiger charge is 2.73. The van der Waals surface area contributed by atoms with Crippen LogP contribution in [0.25, 0.3) is 0 Å². The van der Waals surface area contributed by atoms with Gasteiger partial charge in [0, 0.05) is 0 Å². The van der Waals surface area contributed by atoms with Crippen molar-refractivity contribution in [1.29, 1.82) is 0 Å². The minimum atomic E-state index is -3.10. The first-order chi connectivity index (χ1) is 11.6. The molecular weight excluding hydrogens is 334 g/mol. The second-order valence-electron chi connectivity index (χ2n) is 6.14. The van der Waals surface area contributed by atoms with Crippen molar-refractivity contribution in [3.63, 3.8) is 0 Å². The lowest BCUT2D eigenvalue weighted by Gasteiger charge is -2.57. The third-order valence-electron chi connectivity index (χ3n) is 4.50. The first kappa shape index (κ1) is 20.2. The molecule has 8 N–H and O–H groups in total. The number of aliphatic hydroxyl groups excluding tert-OH is 3. The molecule has 0 radical (unpaired) electrons. The third-order valence-corrected chi connectivity index (χ3v) is 4.50. The average molecular weight is 359 g/mol. The van der Waals surface area contributed by atoms with Crippen LogP contribution in [0.5, 0.6) is 0 Å². The van der Waals surface area contributed by atoms with Gasteiger partial charge in [0.05, 0.1) is 13.2 Å². The summed E-state index contributed by atoms with van der Waals surface area (Å²) in [6.07, 6.45) is -5.38. The number of hydrogen-bond donors (Lipinski definition) is 7. The zero-order chi connectivity index (χ0) is 18.9. The van der Waals surface area contributed by atoms with E-state index < -0.39 is 42.2 Å². The predicted octanol–water partition coefficient (Wildman–Crippen LogP) is -2.25. The molecule has 1 heterocycles. The minimum Gasteiger partial charge on any atom is -0.394 e. The van der Waals surface area contributed by atoms with Crippen molar-refractivity contribution in [2.45, 2.75) is 55.6 Å². The van der Waals surface area contributed by atoms with Crippen molar-refractivity contribution in [3.8, 4) is 0 Å². The van der Waals surface area contributed by atoms with Crippen LogP contribution in [0.4, 0.5) is 0 Å². The maximum absolute atomic E-state index is 10.8. The van der Waals surface area contributed by atoms with E-state index in [4.69, 9.17) is 15.2 Å². The molecule has 9 nitrogen and oxygen atoms in total. The molecule has 0 aliphatic carbocycles. The summed E-state index contributed by atoms with van der Waals surface area (Å²) >= 11 is 0. The second kappa shape index (κ2) is 7.23. The molecule has 1 unspecified atom stereocenters. The highest BCUT2D eigenvalue weighted by molar-refractivity contribution is 5.15. The number of benzene rings is 1. The molecule has 0 bridgehead atoms. The first-order valence-electron chi connectivity index (χ1n) is 7.92. The summed E-state index contributed by atoms with van der Waals surface area (Å²) in [4.78, 5) is 0. The molecule has 2 rings (SSSR count). The molecule has 0 aromatic heterocycles. The number of hydrogen-bond acceptors (Lipinski definition) is 9. The van der Waals surface area contributed by atoms with E-state index in [9.17, 15) is 30.6 Å². The quantitative estimate of drug-likeness (QED) is 0.278. The number of nitrogens with two attached hydrogens (primary N) is 1. The third kappa shape index (κ3) is 3.19. The number of rotatable bonds is 6. The molecule has 1 saturated heterocycles. The van der Waals surface area contributed by atoms with Crippen LogP contribution in [0.3, 0.4) is 0 Å². The van der Waals surface area contributed by atoms with Gasteiger partial charge in [0.25, 0.3) is 0 Å². The van der Waals surface area contributed by atoms with E-state index in [1.807, 2.05) is 0 Å². The van der Waals surface area contributed by atoms with Crippen LogP contribution in [0.2, 0.25) is 0 Å². The van der Waals surface area contributed by atoms with Gasteiger partial charge >= 0.3 is 0 Å². The Hall–Kier alpha value is -1.14. The van der Waals surface area contributed by atoms with Crippen LogP contribution in [-0.2, 0) is 16.1 Å². The van der Waals surface area contributed by atoms with Crippen molar-refractivity contribution in [2.75, 3.05) is 6.61 Å². The van der Waals surface area contributed by atoms with Crippen LogP contribution in [-0.4, -0.2) is 72.9 Å². The molecule has 0 amide bonds. The van der Waals surface area contributed by atoms with E-state index in [1.54, 1.807) is 30.3 Å². The van der Waals surface area contributed by atoms with E-state index in [1.165, 1.54) is 6.92 Å². The van der Waals surface area contributed by atoms with Gasteiger partial charge in [-0.3, -0.25) is 5.73 Å². The normalized spacial score (nSPS) is 40.0. The van der Waals surface area contributed by atoms with E-state index in [-0.39, 0.29) is 13.0 Å². The Balaban J connectivity index is 2.39. The van der Waals surface area contributed by atoms with E-state index in [0.29, 0.717) is 5.56 Å². The highest BCUT2D eigenvalue weighted by Crippen LogP contribution is 2.43. The lowest BCUT2D eigenvalue weighted by molar-refractivity contribution is -0.482. The van der Waals surface area contributed by atoms with Crippen molar-refractivity contribution in [1.82, 2.24) is 0 Å². The van der Waals surface area contributed by atoms with Gasteiger partial charge in [0.2, 0.25) is 17.3 Å². The van der Waals surface area contributed by atoms with Crippen LogP contribution in [0.15, 0.2) is 30.3 Å². The Morgan fingerprint density at radius 2 is 1.84 bits per heavy atom. The molecule has 9 heteroatoms. The summed E-state index contributed by atoms with van der Waals surface area (Å²) in [6.45, 7) is 0.377. The summed E-state index contributed by atoms with van der Waals surface area (Å²) in [5.74, 6) is -5.82. The summed E-state index contributed by atoms with van der Waals surface area (Å²) in [7, 11) is 0. The van der Waals surface area contributed by atoms with Crippen LogP contribution in [0, 0.1) is 0 Å². The van der Waals surface area contributed by atoms with Gasteiger partial charge < -0.3 is 40.1 Å². The fourth-order valence-electron chi connectivity index (χ4n) is 2.83. The zero-order valence-corrected chi connectivity index (χ0v) is 13.8. The van der Waals surface area contributed by atoms with Crippen LogP contribution >= 0.6 is 0 Å². The fourth-order valence-corrected chi connectivity index (χ4v) is 2.83. The van der Waals surface area contributed by atoms with Crippen LogP contribution < -0.4 is 5.73 Å². The lowest BCUT2D eigenvalue weighted by Crippen LogP contribution is -2.86. The van der Waals surface area contributed by atoms with Crippen molar-refractivity contribution in [3.05, 3.63) is 35.9 Å². The lowest BCUT2D eigenvalue weighted by atomic mass is 9.80. The smallest absolute Gasteiger partial charge is 0.244 e. The Kier molecular flexibility index (Phi) is 5.84. The molecule has 1 fully saturated rings.